The first-order chi connectivity index (χ1) is 11.2. The lowest BCUT2D eigenvalue weighted by Crippen LogP contribution is -2.27. The first-order valence-electron chi connectivity index (χ1n) is 6.68. The number of rotatable bonds is 6. The number of nitrogens with one attached hydrogen (secondary N) is 1. The third-order valence-corrected chi connectivity index (χ3v) is 5.03. The largest absolute Gasteiger partial charge is 0.478 e. The van der Waals surface area contributed by atoms with E-state index in [1.54, 1.807) is 0 Å². The Morgan fingerprint density at radius 1 is 1.17 bits per heavy atom. The molecule has 24 heavy (non-hydrogen) atoms. The van der Waals surface area contributed by atoms with E-state index < -0.39 is 32.5 Å². The Bertz CT molecular complexity index is 867. The van der Waals surface area contributed by atoms with Crippen molar-refractivity contribution in [1.29, 1.82) is 0 Å². The van der Waals surface area contributed by atoms with E-state index >= 15 is 0 Å². The SMILES string of the molecule is O=C(O)c1ccc(F)c(S(=O)(=O)NCCc2c(F)cccc2Cl)c1. The van der Waals surface area contributed by atoms with E-state index in [0.717, 1.165) is 18.2 Å². The van der Waals surface area contributed by atoms with Gasteiger partial charge in [0, 0.05) is 17.1 Å². The molecule has 2 N–H and O–H groups in total. The van der Waals surface area contributed by atoms with E-state index in [2.05, 4.69) is 4.72 Å². The summed E-state index contributed by atoms with van der Waals surface area (Å²) in [5, 5.41) is 9.00. The fourth-order valence-corrected chi connectivity index (χ4v) is 3.39. The molecular formula is C15H12ClF2NO4S. The Morgan fingerprint density at radius 3 is 2.50 bits per heavy atom. The number of carbonyl (C=O) groups is 1. The van der Waals surface area contributed by atoms with E-state index in [9.17, 15) is 22.0 Å². The van der Waals surface area contributed by atoms with Gasteiger partial charge in [-0.2, -0.15) is 0 Å². The Labute approximate surface area is 141 Å². The van der Waals surface area contributed by atoms with E-state index in [-0.39, 0.29) is 29.1 Å². The molecule has 0 atom stereocenters. The normalized spacial score (nSPS) is 11.5. The minimum atomic E-state index is -4.30. The highest BCUT2D eigenvalue weighted by molar-refractivity contribution is 7.89. The third kappa shape index (κ3) is 4.08. The molecule has 5 nitrogen and oxygen atoms in total. The minimum absolute atomic E-state index is 0.0506. The molecule has 0 aliphatic rings. The molecule has 0 spiro atoms. The van der Waals surface area contributed by atoms with Crippen LogP contribution < -0.4 is 4.72 Å². The van der Waals surface area contributed by atoms with Crippen LogP contribution >= 0.6 is 11.6 Å². The van der Waals surface area contributed by atoms with Crippen molar-refractivity contribution in [3.8, 4) is 0 Å². The van der Waals surface area contributed by atoms with E-state index in [0.29, 0.717) is 0 Å². The van der Waals surface area contributed by atoms with Gasteiger partial charge in [-0.15, -0.1) is 0 Å². The van der Waals surface area contributed by atoms with Crippen LogP contribution in [0, 0.1) is 11.6 Å². The molecule has 0 amide bonds. The Balaban J connectivity index is 2.18. The van der Waals surface area contributed by atoms with Crippen molar-refractivity contribution in [3.05, 3.63) is 64.2 Å². The lowest BCUT2D eigenvalue weighted by Gasteiger charge is -2.10. The minimum Gasteiger partial charge on any atom is -0.478 e. The van der Waals surface area contributed by atoms with Gasteiger partial charge in [0.05, 0.1) is 5.56 Å². The number of carboxylic acids is 1. The monoisotopic (exact) mass is 375 g/mol. The Hall–Kier alpha value is -2.03. The van der Waals surface area contributed by atoms with Gasteiger partial charge in [0.2, 0.25) is 10.0 Å². The van der Waals surface area contributed by atoms with Crippen LogP contribution in [0.1, 0.15) is 15.9 Å². The molecule has 0 heterocycles. The van der Waals surface area contributed by atoms with Crippen LogP contribution in [0.3, 0.4) is 0 Å². The molecule has 0 unspecified atom stereocenters. The van der Waals surface area contributed by atoms with Crippen LogP contribution in [-0.2, 0) is 16.4 Å². The summed E-state index contributed by atoms with van der Waals surface area (Å²) in [4.78, 5) is 10.1. The topological polar surface area (TPSA) is 83.5 Å². The van der Waals surface area contributed by atoms with Crippen LogP contribution in [0.15, 0.2) is 41.3 Å². The van der Waals surface area contributed by atoms with E-state index in [4.69, 9.17) is 16.7 Å². The highest BCUT2D eigenvalue weighted by Gasteiger charge is 2.21. The van der Waals surface area contributed by atoms with Crippen LogP contribution in [0.5, 0.6) is 0 Å². The highest BCUT2D eigenvalue weighted by atomic mass is 35.5. The first-order valence-corrected chi connectivity index (χ1v) is 8.54. The van der Waals surface area contributed by atoms with Gasteiger partial charge < -0.3 is 5.11 Å². The van der Waals surface area contributed by atoms with Crippen LogP contribution in [0.2, 0.25) is 5.02 Å². The van der Waals surface area contributed by atoms with Crippen LogP contribution in [0.25, 0.3) is 0 Å². The molecule has 2 aromatic carbocycles. The Kier molecular flexibility index (Phi) is 5.53. The smallest absolute Gasteiger partial charge is 0.335 e. The van der Waals surface area contributed by atoms with Gasteiger partial charge in [0.15, 0.2) is 0 Å². The van der Waals surface area contributed by atoms with Crippen molar-refractivity contribution in [2.24, 2.45) is 0 Å². The zero-order chi connectivity index (χ0) is 17.9. The molecule has 0 aliphatic carbocycles. The van der Waals surface area contributed by atoms with E-state index in [1.807, 2.05) is 0 Å². The van der Waals surface area contributed by atoms with Crippen LogP contribution in [0.4, 0.5) is 8.78 Å². The maximum Gasteiger partial charge on any atom is 0.335 e. The number of hydrogen-bond donors (Lipinski definition) is 2. The molecule has 0 saturated carbocycles. The summed E-state index contributed by atoms with van der Waals surface area (Å²) in [7, 11) is -4.30. The fourth-order valence-electron chi connectivity index (χ4n) is 2.00. The van der Waals surface area contributed by atoms with Gasteiger partial charge >= 0.3 is 5.97 Å². The highest BCUT2D eigenvalue weighted by Crippen LogP contribution is 2.20. The number of benzene rings is 2. The summed E-state index contributed by atoms with van der Waals surface area (Å²) >= 11 is 5.83. The first kappa shape index (κ1) is 18.3. The summed E-state index contributed by atoms with van der Waals surface area (Å²) in [6.07, 6.45) is -0.0506. The summed E-state index contributed by atoms with van der Waals surface area (Å²) in [6.45, 7) is -0.236. The number of carboxylic acid groups (broad SMARTS) is 1. The van der Waals surface area contributed by atoms with Gasteiger partial charge in [0.1, 0.15) is 16.5 Å². The lowest BCUT2D eigenvalue weighted by atomic mass is 10.1. The van der Waals surface area contributed by atoms with Crippen LogP contribution in [-0.4, -0.2) is 26.0 Å². The van der Waals surface area contributed by atoms with Crippen molar-refractivity contribution >= 4 is 27.6 Å². The van der Waals surface area contributed by atoms with Gasteiger partial charge in [-0.1, -0.05) is 17.7 Å². The number of sulfonamides is 1. The number of hydrogen-bond acceptors (Lipinski definition) is 3. The van der Waals surface area contributed by atoms with E-state index in [1.165, 1.54) is 18.2 Å². The quantitative estimate of drug-likeness (QED) is 0.813. The van der Waals surface area contributed by atoms with Crippen molar-refractivity contribution in [3.63, 3.8) is 0 Å². The molecule has 128 valence electrons. The van der Waals surface area contributed by atoms with Gasteiger partial charge in [0.25, 0.3) is 0 Å². The van der Waals surface area contributed by atoms with Crippen molar-refractivity contribution in [1.82, 2.24) is 4.72 Å². The Morgan fingerprint density at radius 2 is 1.88 bits per heavy atom. The summed E-state index contributed by atoms with van der Waals surface area (Å²) in [5.74, 6) is -3.05. The standard InChI is InChI=1S/C15H12ClF2NO4S/c16-11-2-1-3-12(17)10(11)6-7-19-24(22,23)14-8-9(15(20)21)4-5-13(14)18/h1-5,8,19H,6-7H2,(H,20,21). The predicted octanol–water partition coefficient (Wildman–Crippen LogP) is 2.84. The lowest BCUT2D eigenvalue weighted by molar-refractivity contribution is 0.0696. The fraction of sp³-hybridized carbons (Fsp3) is 0.133. The molecule has 0 saturated heterocycles. The second kappa shape index (κ2) is 7.25. The zero-order valence-corrected chi connectivity index (χ0v) is 13.7. The molecular weight excluding hydrogens is 364 g/mol. The van der Waals surface area contributed by atoms with Gasteiger partial charge in [-0.25, -0.2) is 26.7 Å². The van der Waals surface area contributed by atoms with Gasteiger partial charge in [-0.05, 0) is 36.8 Å². The van der Waals surface area contributed by atoms with Crippen molar-refractivity contribution in [2.75, 3.05) is 6.54 Å². The van der Waals surface area contributed by atoms with Crippen molar-refractivity contribution in [2.45, 2.75) is 11.3 Å². The van der Waals surface area contributed by atoms with Crippen molar-refractivity contribution < 1.29 is 27.1 Å². The molecule has 0 bridgehead atoms. The second-order valence-corrected chi connectivity index (χ2v) is 6.94. The maximum atomic E-state index is 13.7. The molecule has 2 rings (SSSR count). The second-order valence-electron chi connectivity index (χ2n) is 4.80. The average Bonchev–Trinajstić information content (AvgIpc) is 2.50. The predicted molar refractivity (Wildman–Crippen MR) is 83.7 cm³/mol. The summed E-state index contributed by atoms with van der Waals surface area (Å²) in [6, 6.07) is 6.49. The summed E-state index contributed by atoms with van der Waals surface area (Å²) < 4.78 is 53.7. The zero-order valence-electron chi connectivity index (χ0n) is 12.1. The molecule has 0 radical (unpaired) electrons. The molecule has 0 aromatic heterocycles. The molecule has 2 aromatic rings. The van der Waals surface area contributed by atoms with Gasteiger partial charge in [-0.3, -0.25) is 0 Å². The molecule has 0 fully saturated rings. The number of aromatic carboxylic acids is 1. The average molecular weight is 376 g/mol. The number of halogens is 3. The molecule has 0 aliphatic heterocycles. The third-order valence-electron chi connectivity index (χ3n) is 3.20. The maximum absolute atomic E-state index is 13.7. The molecule has 9 heteroatoms. The summed E-state index contributed by atoms with van der Waals surface area (Å²) in [5.41, 5.74) is -0.240.